The molecule has 0 aliphatic carbocycles. The van der Waals surface area contributed by atoms with Crippen LogP contribution in [0.25, 0.3) is 0 Å². The first-order valence-corrected chi connectivity index (χ1v) is 4.32. The summed E-state index contributed by atoms with van der Waals surface area (Å²) in [5.74, 6) is 0.00994. The Morgan fingerprint density at radius 1 is 1.57 bits per heavy atom. The number of carbonyl (C=O) groups excluding carboxylic acids is 1. The lowest BCUT2D eigenvalue weighted by Gasteiger charge is -2.01. The highest BCUT2D eigenvalue weighted by molar-refractivity contribution is 6.03. The van der Waals surface area contributed by atoms with E-state index in [2.05, 4.69) is 10.5 Å². The number of nitrogens with one attached hydrogen (secondary N) is 1. The largest absolute Gasteiger partial charge is 0.411 e. The Bertz CT molecular complexity index is 424. The lowest BCUT2D eigenvalue weighted by atomic mass is 10.1. The number of rotatable bonds is 1. The zero-order chi connectivity index (χ0) is 10.1. The number of hydrogen-bond acceptors (Lipinski definition) is 3. The van der Waals surface area contributed by atoms with Crippen LogP contribution in [0.2, 0.25) is 0 Å². The molecule has 0 saturated heterocycles. The number of carbonyl (C=O) groups is 1. The zero-order valence-corrected chi connectivity index (χ0v) is 7.74. The topological polar surface area (TPSA) is 61.7 Å². The van der Waals surface area contributed by atoms with Gasteiger partial charge in [0.2, 0.25) is 5.91 Å². The van der Waals surface area contributed by atoms with E-state index in [1.54, 1.807) is 6.92 Å². The second-order valence-corrected chi connectivity index (χ2v) is 3.28. The van der Waals surface area contributed by atoms with E-state index in [-0.39, 0.29) is 5.91 Å². The molecule has 2 rings (SSSR count). The molecule has 2 N–H and O–H groups in total. The second kappa shape index (κ2) is 3.14. The number of nitrogens with zero attached hydrogens (tertiary/aromatic N) is 1. The maximum absolute atomic E-state index is 11.1. The Kier molecular flexibility index (Phi) is 1.96. The van der Waals surface area contributed by atoms with E-state index in [0.29, 0.717) is 12.1 Å². The minimum absolute atomic E-state index is 0.00994. The number of anilines is 1. The van der Waals surface area contributed by atoms with Crippen LogP contribution in [0.5, 0.6) is 0 Å². The summed E-state index contributed by atoms with van der Waals surface area (Å²) >= 11 is 0. The molecule has 0 bridgehead atoms. The molecule has 14 heavy (non-hydrogen) atoms. The highest BCUT2D eigenvalue weighted by Gasteiger charge is 2.17. The predicted octanol–water partition coefficient (Wildman–Crippen LogP) is 1.38. The van der Waals surface area contributed by atoms with Crippen molar-refractivity contribution in [1.29, 1.82) is 0 Å². The molecule has 0 spiro atoms. The fraction of sp³-hybridized carbons (Fsp3) is 0.200. The molecule has 0 unspecified atom stereocenters. The molecule has 4 heteroatoms. The van der Waals surface area contributed by atoms with Crippen molar-refractivity contribution in [2.45, 2.75) is 13.3 Å². The van der Waals surface area contributed by atoms with Crippen molar-refractivity contribution >= 4 is 17.3 Å². The maximum atomic E-state index is 11.1. The molecule has 72 valence electrons. The van der Waals surface area contributed by atoms with Crippen molar-refractivity contribution in [2.24, 2.45) is 5.16 Å². The Hall–Kier alpha value is -1.84. The van der Waals surface area contributed by atoms with Gasteiger partial charge in [-0.05, 0) is 30.2 Å². The van der Waals surface area contributed by atoms with Crippen LogP contribution >= 0.6 is 0 Å². The lowest BCUT2D eigenvalue weighted by Crippen LogP contribution is -2.03. The molecule has 0 saturated carbocycles. The quantitative estimate of drug-likeness (QED) is 0.399. The number of hydrogen-bond donors (Lipinski definition) is 2. The van der Waals surface area contributed by atoms with E-state index in [1.807, 2.05) is 18.2 Å². The van der Waals surface area contributed by atoms with Crippen molar-refractivity contribution in [3.8, 4) is 0 Å². The van der Waals surface area contributed by atoms with Crippen LogP contribution in [0.15, 0.2) is 23.4 Å². The van der Waals surface area contributed by atoms with Crippen LogP contribution in [0.1, 0.15) is 18.1 Å². The van der Waals surface area contributed by atoms with Crippen LogP contribution in [-0.4, -0.2) is 16.8 Å². The fourth-order valence-corrected chi connectivity index (χ4v) is 1.51. The number of fused-ring (bicyclic) bond motifs is 1. The first-order chi connectivity index (χ1) is 6.70. The summed E-state index contributed by atoms with van der Waals surface area (Å²) in [4.78, 5) is 11.1. The van der Waals surface area contributed by atoms with E-state index < -0.39 is 0 Å². The van der Waals surface area contributed by atoms with E-state index in [1.165, 1.54) is 0 Å². The summed E-state index contributed by atoms with van der Waals surface area (Å²) in [5.41, 5.74) is 3.19. The fourth-order valence-electron chi connectivity index (χ4n) is 1.51. The SMILES string of the molecule is C/C(=N/O)c1ccc2c(c1)CC(=O)N2. The van der Waals surface area contributed by atoms with E-state index in [4.69, 9.17) is 5.21 Å². The highest BCUT2D eigenvalue weighted by Crippen LogP contribution is 2.23. The maximum Gasteiger partial charge on any atom is 0.228 e. The zero-order valence-electron chi connectivity index (χ0n) is 7.74. The van der Waals surface area contributed by atoms with Gasteiger partial charge in [0.1, 0.15) is 0 Å². The predicted molar refractivity (Wildman–Crippen MR) is 52.8 cm³/mol. The van der Waals surface area contributed by atoms with Gasteiger partial charge in [0.05, 0.1) is 12.1 Å². The van der Waals surface area contributed by atoms with E-state index >= 15 is 0 Å². The molecule has 0 atom stereocenters. The standard InChI is InChI=1S/C10H10N2O2/c1-6(12-14)7-2-3-9-8(4-7)5-10(13)11-9/h2-4,14H,5H2,1H3,(H,11,13)/b12-6-. The van der Waals surface area contributed by atoms with Gasteiger partial charge in [-0.15, -0.1) is 0 Å². The number of amides is 1. The molecule has 0 radical (unpaired) electrons. The number of benzene rings is 1. The van der Waals surface area contributed by atoms with Crippen molar-refractivity contribution < 1.29 is 10.0 Å². The van der Waals surface area contributed by atoms with Gasteiger partial charge in [0.15, 0.2) is 0 Å². The summed E-state index contributed by atoms with van der Waals surface area (Å²) in [7, 11) is 0. The van der Waals surface area contributed by atoms with Gasteiger partial charge in [-0.25, -0.2) is 0 Å². The van der Waals surface area contributed by atoms with Gasteiger partial charge in [-0.3, -0.25) is 4.79 Å². The average molecular weight is 190 g/mol. The van der Waals surface area contributed by atoms with Gasteiger partial charge < -0.3 is 10.5 Å². The van der Waals surface area contributed by atoms with Gasteiger partial charge in [-0.2, -0.15) is 0 Å². The third-order valence-electron chi connectivity index (χ3n) is 2.30. The Balaban J connectivity index is 2.42. The third-order valence-corrected chi connectivity index (χ3v) is 2.30. The summed E-state index contributed by atoms with van der Waals surface area (Å²) in [6, 6.07) is 5.51. The Morgan fingerprint density at radius 3 is 3.07 bits per heavy atom. The van der Waals surface area contributed by atoms with Crippen LogP contribution < -0.4 is 5.32 Å². The van der Waals surface area contributed by atoms with Crippen LogP contribution in [0, 0.1) is 0 Å². The van der Waals surface area contributed by atoms with Gasteiger partial charge in [-0.1, -0.05) is 11.2 Å². The first-order valence-electron chi connectivity index (χ1n) is 4.32. The monoisotopic (exact) mass is 190 g/mol. The molecule has 0 aromatic heterocycles. The van der Waals surface area contributed by atoms with Crippen LogP contribution in [0.3, 0.4) is 0 Å². The van der Waals surface area contributed by atoms with Crippen molar-refractivity contribution in [1.82, 2.24) is 0 Å². The summed E-state index contributed by atoms with van der Waals surface area (Å²) in [6.45, 7) is 1.71. The number of oxime groups is 1. The van der Waals surface area contributed by atoms with Gasteiger partial charge >= 0.3 is 0 Å². The summed E-state index contributed by atoms with van der Waals surface area (Å²) in [6.07, 6.45) is 0.405. The third kappa shape index (κ3) is 1.35. The molecule has 0 fully saturated rings. The van der Waals surface area contributed by atoms with Gasteiger partial charge in [0, 0.05) is 5.69 Å². The summed E-state index contributed by atoms with van der Waals surface area (Å²) < 4.78 is 0. The van der Waals surface area contributed by atoms with Gasteiger partial charge in [0.25, 0.3) is 0 Å². The molecule has 1 aliphatic heterocycles. The minimum Gasteiger partial charge on any atom is -0.411 e. The Morgan fingerprint density at radius 2 is 2.36 bits per heavy atom. The van der Waals surface area contributed by atoms with Crippen molar-refractivity contribution in [3.05, 3.63) is 29.3 Å². The molecule has 1 aromatic rings. The molecular weight excluding hydrogens is 180 g/mol. The molecule has 1 aromatic carbocycles. The molecule has 4 nitrogen and oxygen atoms in total. The Labute approximate surface area is 81.2 Å². The van der Waals surface area contributed by atoms with Crippen LogP contribution in [0.4, 0.5) is 5.69 Å². The molecule has 1 amide bonds. The highest BCUT2D eigenvalue weighted by atomic mass is 16.4. The average Bonchev–Trinajstić information content (AvgIpc) is 2.55. The molecule has 1 heterocycles. The minimum atomic E-state index is 0.00994. The smallest absolute Gasteiger partial charge is 0.228 e. The van der Waals surface area contributed by atoms with Crippen molar-refractivity contribution in [2.75, 3.05) is 5.32 Å². The van der Waals surface area contributed by atoms with E-state index in [9.17, 15) is 4.79 Å². The van der Waals surface area contributed by atoms with Crippen LogP contribution in [-0.2, 0) is 11.2 Å². The summed E-state index contributed by atoms with van der Waals surface area (Å²) in [5, 5.41) is 14.4. The first kappa shape index (κ1) is 8.74. The van der Waals surface area contributed by atoms with Crippen molar-refractivity contribution in [3.63, 3.8) is 0 Å². The normalized spacial score (nSPS) is 15.2. The second-order valence-electron chi connectivity index (χ2n) is 3.28. The van der Waals surface area contributed by atoms with E-state index in [0.717, 1.165) is 16.8 Å². The molecule has 1 aliphatic rings. The molecular formula is C10H10N2O2. The lowest BCUT2D eigenvalue weighted by molar-refractivity contribution is -0.115.